The molecule has 26 heavy (non-hydrogen) atoms. The van der Waals surface area contributed by atoms with Gasteiger partial charge in [0.15, 0.2) is 5.96 Å². The van der Waals surface area contributed by atoms with E-state index in [1.54, 1.807) is 4.90 Å². The quantitative estimate of drug-likeness (QED) is 0.355. The van der Waals surface area contributed by atoms with Crippen molar-refractivity contribution in [3.8, 4) is 0 Å². The van der Waals surface area contributed by atoms with Gasteiger partial charge in [0.05, 0.1) is 18.0 Å². The summed E-state index contributed by atoms with van der Waals surface area (Å²) < 4.78 is 49.2. The van der Waals surface area contributed by atoms with E-state index in [1.807, 2.05) is 11.8 Å². The summed E-state index contributed by atoms with van der Waals surface area (Å²) in [6.45, 7) is 4.72. The van der Waals surface area contributed by atoms with E-state index in [-0.39, 0.29) is 42.0 Å². The van der Waals surface area contributed by atoms with Crippen molar-refractivity contribution in [3.05, 3.63) is 29.8 Å². The number of aliphatic imine (C=N–C) groups is 1. The third-order valence-corrected chi connectivity index (χ3v) is 4.55. The zero-order valence-electron chi connectivity index (χ0n) is 14.5. The minimum absolute atomic E-state index is 0. The predicted octanol–water partition coefficient (Wildman–Crippen LogP) is 0.959. The molecule has 0 unspecified atom stereocenters. The maximum absolute atomic E-state index is 13.9. The molecule has 148 valence electrons. The van der Waals surface area contributed by atoms with E-state index in [2.05, 4.69) is 10.3 Å². The summed E-state index contributed by atoms with van der Waals surface area (Å²) in [5.74, 6) is -0.568. The lowest BCUT2D eigenvalue weighted by Crippen LogP contribution is -2.52. The molecule has 7 nitrogen and oxygen atoms in total. The normalized spacial score (nSPS) is 15.6. The van der Waals surface area contributed by atoms with Gasteiger partial charge in [0.25, 0.3) is 0 Å². The second kappa shape index (κ2) is 10.2. The standard InChI is InChI=1S/C15H23F2N5O2S.HI/c1-2-19-15(20-5-10-25(18,23)24)22-8-6-21(7-9-22)14-11-12(16)3-4-13(14)17;/h3-4,11H,2,5-10H2,1H3,(H,19,20)(H2,18,23,24);1H. The molecule has 0 aromatic heterocycles. The van der Waals surface area contributed by atoms with Gasteiger partial charge < -0.3 is 15.1 Å². The first-order valence-electron chi connectivity index (χ1n) is 8.04. The molecule has 1 fully saturated rings. The van der Waals surface area contributed by atoms with Crippen LogP contribution < -0.4 is 15.4 Å². The van der Waals surface area contributed by atoms with Crippen molar-refractivity contribution >= 4 is 45.6 Å². The molecule has 0 atom stereocenters. The number of primary sulfonamides is 1. The first kappa shape index (κ1) is 22.8. The van der Waals surface area contributed by atoms with Crippen LogP contribution in [0.4, 0.5) is 14.5 Å². The Morgan fingerprint density at radius 2 is 1.92 bits per heavy atom. The van der Waals surface area contributed by atoms with Gasteiger partial charge in [0.2, 0.25) is 10.0 Å². The first-order chi connectivity index (χ1) is 11.8. The average Bonchev–Trinajstić information content (AvgIpc) is 2.55. The van der Waals surface area contributed by atoms with Crippen LogP contribution in [0.25, 0.3) is 0 Å². The highest BCUT2D eigenvalue weighted by molar-refractivity contribution is 14.0. The maximum atomic E-state index is 13.9. The summed E-state index contributed by atoms with van der Waals surface area (Å²) in [4.78, 5) is 8.01. The van der Waals surface area contributed by atoms with E-state index in [0.29, 0.717) is 38.7 Å². The molecule has 0 saturated carbocycles. The van der Waals surface area contributed by atoms with Gasteiger partial charge in [-0.2, -0.15) is 0 Å². The number of benzene rings is 1. The summed E-state index contributed by atoms with van der Waals surface area (Å²) in [5.41, 5.74) is 0.246. The molecule has 0 spiro atoms. The molecule has 1 aliphatic rings. The molecule has 0 bridgehead atoms. The number of hydrogen-bond acceptors (Lipinski definition) is 4. The molecule has 0 amide bonds. The molecule has 11 heteroatoms. The Balaban J connectivity index is 0.00000338. The van der Waals surface area contributed by atoms with E-state index in [9.17, 15) is 17.2 Å². The fraction of sp³-hybridized carbons (Fsp3) is 0.533. The fourth-order valence-corrected chi connectivity index (χ4v) is 2.94. The van der Waals surface area contributed by atoms with Crippen molar-refractivity contribution in [2.45, 2.75) is 6.92 Å². The number of hydrogen-bond donors (Lipinski definition) is 2. The van der Waals surface area contributed by atoms with Crippen LogP contribution in [0.3, 0.4) is 0 Å². The van der Waals surface area contributed by atoms with Crippen LogP contribution in [0.2, 0.25) is 0 Å². The number of nitrogens with two attached hydrogens (primary N) is 1. The Morgan fingerprint density at radius 1 is 1.27 bits per heavy atom. The van der Waals surface area contributed by atoms with Crippen LogP contribution in [0.15, 0.2) is 23.2 Å². The number of nitrogens with zero attached hydrogens (tertiary/aromatic N) is 3. The first-order valence-corrected chi connectivity index (χ1v) is 9.75. The van der Waals surface area contributed by atoms with Gasteiger partial charge in [-0.3, -0.25) is 4.99 Å². The van der Waals surface area contributed by atoms with Crippen molar-refractivity contribution in [1.82, 2.24) is 10.2 Å². The third kappa shape index (κ3) is 6.83. The van der Waals surface area contributed by atoms with E-state index in [4.69, 9.17) is 5.14 Å². The van der Waals surface area contributed by atoms with E-state index in [1.165, 1.54) is 6.07 Å². The van der Waals surface area contributed by atoms with E-state index >= 15 is 0 Å². The molecule has 2 rings (SSSR count). The molecule has 0 radical (unpaired) electrons. The van der Waals surface area contributed by atoms with Crippen LogP contribution in [-0.2, 0) is 10.0 Å². The smallest absolute Gasteiger partial charge is 0.210 e. The summed E-state index contributed by atoms with van der Waals surface area (Å²) in [7, 11) is -3.56. The summed E-state index contributed by atoms with van der Waals surface area (Å²) in [6.07, 6.45) is 0. The Hall–Kier alpha value is -1.21. The topological polar surface area (TPSA) is 91.0 Å². The second-order valence-electron chi connectivity index (χ2n) is 5.67. The number of guanidine groups is 1. The van der Waals surface area contributed by atoms with Crippen molar-refractivity contribution in [1.29, 1.82) is 0 Å². The van der Waals surface area contributed by atoms with Crippen molar-refractivity contribution in [2.24, 2.45) is 10.1 Å². The second-order valence-corrected chi connectivity index (χ2v) is 7.41. The lowest BCUT2D eigenvalue weighted by molar-refractivity contribution is 0.371. The molecule has 1 aliphatic heterocycles. The van der Waals surface area contributed by atoms with Gasteiger partial charge in [-0.1, -0.05) is 0 Å². The van der Waals surface area contributed by atoms with E-state index in [0.717, 1.165) is 12.1 Å². The number of rotatable bonds is 5. The zero-order valence-corrected chi connectivity index (χ0v) is 17.6. The van der Waals surface area contributed by atoms with Gasteiger partial charge in [0.1, 0.15) is 11.6 Å². The molecular weight excluding hydrogens is 479 g/mol. The summed E-state index contributed by atoms with van der Waals surface area (Å²) in [6, 6.07) is 3.41. The van der Waals surface area contributed by atoms with Crippen LogP contribution in [0.5, 0.6) is 0 Å². The highest BCUT2D eigenvalue weighted by Gasteiger charge is 2.22. The van der Waals surface area contributed by atoms with Crippen LogP contribution in [0.1, 0.15) is 6.92 Å². The SMILES string of the molecule is CCNC(=NCCS(N)(=O)=O)N1CCN(c2cc(F)ccc2F)CC1.I. The summed E-state index contributed by atoms with van der Waals surface area (Å²) >= 11 is 0. The minimum atomic E-state index is -3.56. The van der Waals surface area contributed by atoms with E-state index < -0.39 is 21.7 Å². The lowest BCUT2D eigenvalue weighted by Gasteiger charge is -2.37. The molecule has 0 aliphatic carbocycles. The van der Waals surface area contributed by atoms with Gasteiger partial charge in [-0.15, -0.1) is 24.0 Å². The number of piperazine rings is 1. The van der Waals surface area contributed by atoms with Crippen LogP contribution >= 0.6 is 24.0 Å². The average molecular weight is 503 g/mol. The Morgan fingerprint density at radius 3 is 2.50 bits per heavy atom. The van der Waals surface area contributed by atoms with Crippen LogP contribution in [-0.4, -0.2) is 64.3 Å². The maximum Gasteiger partial charge on any atom is 0.210 e. The van der Waals surface area contributed by atoms with Gasteiger partial charge >= 0.3 is 0 Å². The van der Waals surface area contributed by atoms with Crippen molar-refractivity contribution in [3.63, 3.8) is 0 Å². The third-order valence-electron chi connectivity index (χ3n) is 3.80. The lowest BCUT2D eigenvalue weighted by atomic mass is 10.2. The summed E-state index contributed by atoms with van der Waals surface area (Å²) in [5, 5.41) is 8.08. The molecule has 1 aromatic carbocycles. The highest BCUT2D eigenvalue weighted by Crippen LogP contribution is 2.21. The van der Waals surface area contributed by atoms with Crippen molar-refractivity contribution < 1.29 is 17.2 Å². The Labute approximate surface area is 169 Å². The molecular formula is C15H24F2IN5O2S. The zero-order chi connectivity index (χ0) is 18.4. The number of sulfonamides is 1. The van der Waals surface area contributed by atoms with Gasteiger partial charge in [-0.05, 0) is 19.1 Å². The van der Waals surface area contributed by atoms with Crippen LogP contribution in [0, 0.1) is 11.6 Å². The molecule has 1 heterocycles. The molecule has 1 aromatic rings. The van der Waals surface area contributed by atoms with Gasteiger partial charge in [0, 0.05) is 38.8 Å². The Kier molecular flexibility index (Phi) is 8.96. The minimum Gasteiger partial charge on any atom is -0.366 e. The predicted molar refractivity (Wildman–Crippen MR) is 110 cm³/mol. The monoisotopic (exact) mass is 503 g/mol. The highest BCUT2D eigenvalue weighted by atomic mass is 127. The largest absolute Gasteiger partial charge is 0.366 e. The Bertz CT molecular complexity index is 725. The molecule has 1 saturated heterocycles. The number of nitrogens with one attached hydrogen (secondary N) is 1. The number of anilines is 1. The molecule has 3 N–H and O–H groups in total. The van der Waals surface area contributed by atoms with Crippen molar-refractivity contribution in [2.75, 3.05) is 49.9 Å². The van der Waals surface area contributed by atoms with Gasteiger partial charge in [-0.25, -0.2) is 22.3 Å². The number of halogens is 3. The fourth-order valence-electron chi connectivity index (χ4n) is 2.59.